The van der Waals surface area contributed by atoms with Crippen LogP contribution in [0.2, 0.25) is 0 Å². The van der Waals surface area contributed by atoms with Gasteiger partial charge in [0.25, 0.3) is 6.71 Å². The van der Waals surface area contributed by atoms with Gasteiger partial charge in [-0.2, -0.15) is 0 Å². The van der Waals surface area contributed by atoms with Crippen LogP contribution in [0.15, 0.2) is 84.6 Å². The second-order valence-electron chi connectivity index (χ2n) is 7.06. The molecule has 0 atom stereocenters. The molecule has 1 N–H and O–H groups in total. The van der Waals surface area contributed by atoms with Gasteiger partial charge in [0.2, 0.25) is 0 Å². The number of pyridine rings is 1. The van der Waals surface area contributed by atoms with Crippen LogP contribution in [0.3, 0.4) is 0 Å². The van der Waals surface area contributed by atoms with Crippen molar-refractivity contribution in [2.24, 2.45) is 0 Å². The van der Waals surface area contributed by atoms with Gasteiger partial charge >= 0.3 is 0 Å². The average molecular weight is 363 g/mol. The third kappa shape index (κ3) is 2.66. The van der Waals surface area contributed by atoms with E-state index in [1.54, 1.807) is 0 Å². The molecule has 0 fully saturated rings. The van der Waals surface area contributed by atoms with Crippen molar-refractivity contribution in [3.8, 4) is 22.8 Å². The number of rotatable bonds is 1. The molecule has 28 heavy (non-hydrogen) atoms. The monoisotopic (exact) mass is 363 g/mol. The molecule has 4 heteroatoms. The van der Waals surface area contributed by atoms with Gasteiger partial charge in [0.15, 0.2) is 0 Å². The molecule has 5 rings (SSSR count). The Balaban J connectivity index is 1.75. The molecule has 0 aliphatic carbocycles. The number of nitrogens with zero attached hydrogens (tertiary/aromatic N) is 1. The zero-order chi connectivity index (χ0) is 19.1. The summed E-state index contributed by atoms with van der Waals surface area (Å²) in [5.74, 6) is 1.64. The summed E-state index contributed by atoms with van der Waals surface area (Å²) in [5, 5.41) is 10.0. The van der Waals surface area contributed by atoms with Gasteiger partial charge in [0, 0.05) is 5.69 Å². The molecule has 3 heterocycles. The summed E-state index contributed by atoms with van der Waals surface area (Å²) in [6.07, 6.45) is 9.18. The first-order valence-electron chi connectivity index (χ1n) is 9.32. The van der Waals surface area contributed by atoms with E-state index in [4.69, 9.17) is 4.74 Å². The number of hydrogen-bond acceptors (Lipinski definition) is 3. The van der Waals surface area contributed by atoms with Crippen LogP contribution in [0.25, 0.3) is 17.3 Å². The topological polar surface area (TPSA) is 42.4 Å². The molecular weight excluding hydrogens is 345 g/mol. The minimum Gasteiger partial charge on any atom is -0.516 e. The Bertz CT molecular complexity index is 1180. The van der Waals surface area contributed by atoms with E-state index in [0.29, 0.717) is 0 Å². The lowest BCUT2D eigenvalue weighted by molar-refractivity contribution is 0.471. The summed E-state index contributed by atoms with van der Waals surface area (Å²) < 4.78 is 6.24. The third-order valence-corrected chi connectivity index (χ3v) is 5.27. The quantitative estimate of drug-likeness (QED) is 0.517. The maximum Gasteiger partial charge on any atom is 0.255 e. The molecule has 0 spiro atoms. The highest BCUT2D eigenvalue weighted by atomic mass is 16.5. The highest BCUT2D eigenvalue weighted by molar-refractivity contribution is 6.93. The van der Waals surface area contributed by atoms with Crippen LogP contribution in [0, 0.1) is 6.92 Å². The van der Waals surface area contributed by atoms with E-state index in [1.165, 1.54) is 6.26 Å². The number of fused-ring (bicyclic) bond motifs is 2. The normalized spacial score (nSPS) is 17.8. The lowest BCUT2D eigenvalue weighted by Gasteiger charge is -2.29. The van der Waals surface area contributed by atoms with E-state index in [9.17, 15) is 5.11 Å². The fraction of sp³-hybridized carbons (Fsp3) is 0.0417. The molecule has 0 saturated carbocycles. The number of aromatic nitrogens is 1. The smallest absolute Gasteiger partial charge is 0.255 e. The number of aliphatic hydroxyl groups is 1. The number of ether oxygens (including phenoxy) is 1. The molecular formula is C24H18BNO2. The van der Waals surface area contributed by atoms with Gasteiger partial charge < -0.3 is 9.84 Å². The van der Waals surface area contributed by atoms with Gasteiger partial charge in [-0.15, -0.1) is 0 Å². The second-order valence-corrected chi connectivity index (χ2v) is 7.06. The Kier molecular flexibility index (Phi) is 3.90. The van der Waals surface area contributed by atoms with E-state index >= 15 is 0 Å². The molecule has 2 aliphatic heterocycles. The Hall–Kier alpha value is -3.53. The molecule has 2 aromatic carbocycles. The van der Waals surface area contributed by atoms with Crippen LogP contribution in [-0.4, -0.2) is 16.8 Å². The van der Waals surface area contributed by atoms with E-state index in [1.807, 2.05) is 67.6 Å². The molecule has 0 radical (unpaired) electrons. The number of benzene rings is 2. The van der Waals surface area contributed by atoms with E-state index in [-0.39, 0.29) is 6.71 Å². The molecule has 1 aromatic heterocycles. The molecule has 3 aromatic rings. The Morgan fingerprint density at radius 3 is 2.68 bits per heavy atom. The first-order valence-corrected chi connectivity index (χ1v) is 9.32. The molecule has 3 nitrogen and oxygen atoms in total. The standard InChI is InChI=1S/C24H18BNO2/c1-16-6-4-10-21(26-16)18-12-13-22-20(14-18)25-19(15-27)9-3-2-7-17-8-5-11-23(28-22)24(17)25/h2-15,27H,1H3/b7-2-,9-3-,19-15-. The first kappa shape index (κ1) is 16.6. The van der Waals surface area contributed by atoms with E-state index < -0.39 is 0 Å². The van der Waals surface area contributed by atoms with Gasteiger partial charge in [-0.05, 0) is 64.8 Å². The molecule has 0 amide bonds. The van der Waals surface area contributed by atoms with Crippen molar-refractivity contribution < 1.29 is 9.84 Å². The van der Waals surface area contributed by atoms with Crippen LogP contribution in [0.5, 0.6) is 11.5 Å². The van der Waals surface area contributed by atoms with Crippen molar-refractivity contribution in [2.75, 3.05) is 0 Å². The minimum atomic E-state index is -0.106. The summed E-state index contributed by atoms with van der Waals surface area (Å²) in [7, 11) is 0. The number of aliphatic hydroxyl groups excluding tert-OH is 1. The number of aryl methyl sites for hydroxylation is 1. The Labute approximate surface area is 164 Å². The summed E-state index contributed by atoms with van der Waals surface area (Å²) in [5.41, 5.74) is 6.97. The van der Waals surface area contributed by atoms with Gasteiger partial charge in [-0.1, -0.05) is 48.6 Å². The first-order chi connectivity index (χ1) is 13.7. The van der Waals surface area contributed by atoms with Gasteiger partial charge in [0.05, 0.1) is 12.0 Å². The average Bonchev–Trinajstić information content (AvgIpc) is 2.70. The fourth-order valence-corrected chi connectivity index (χ4v) is 3.99. The van der Waals surface area contributed by atoms with E-state index in [0.717, 1.165) is 50.4 Å². The van der Waals surface area contributed by atoms with Crippen LogP contribution < -0.4 is 15.7 Å². The summed E-state index contributed by atoms with van der Waals surface area (Å²) >= 11 is 0. The lowest BCUT2D eigenvalue weighted by atomic mass is 9.34. The third-order valence-electron chi connectivity index (χ3n) is 5.27. The molecule has 0 bridgehead atoms. The van der Waals surface area contributed by atoms with Crippen molar-refractivity contribution in [1.29, 1.82) is 0 Å². The molecule has 0 saturated heterocycles. The second kappa shape index (κ2) is 6.57. The maximum atomic E-state index is 10.0. The predicted octanol–water partition coefficient (Wildman–Crippen LogP) is 4.34. The van der Waals surface area contributed by atoms with Crippen LogP contribution in [-0.2, 0) is 0 Å². The van der Waals surface area contributed by atoms with Crippen LogP contribution in [0.4, 0.5) is 0 Å². The zero-order valence-electron chi connectivity index (χ0n) is 15.5. The SMILES string of the molecule is Cc1cccc(-c2ccc3c(c2)B2C(=C\O)/C=C\C=C/c4cccc(c42)O3)n1. The Morgan fingerprint density at radius 2 is 1.82 bits per heavy atom. The highest BCUT2D eigenvalue weighted by Crippen LogP contribution is 2.31. The zero-order valence-corrected chi connectivity index (χ0v) is 15.5. The number of allylic oxidation sites excluding steroid dienone is 4. The summed E-state index contributed by atoms with van der Waals surface area (Å²) in [4.78, 5) is 4.66. The van der Waals surface area contributed by atoms with Crippen molar-refractivity contribution in [3.05, 3.63) is 95.8 Å². The van der Waals surface area contributed by atoms with Crippen molar-refractivity contribution >= 4 is 23.7 Å². The molecule has 2 aliphatic rings. The van der Waals surface area contributed by atoms with Crippen molar-refractivity contribution in [3.63, 3.8) is 0 Å². The highest BCUT2D eigenvalue weighted by Gasteiger charge is 2.35. The Morgan fingerprint density at radius 1 is 0.964 bits per heavy atom. The summed E-state index contributed by atoms with van der Waals surface area (Å²) in [6, 6.07) is 18.3. The van der Waals surface area contributed by atoms with Gasteiger partial charge in [-0.25, -0.2) is 0 Å². The minimum absolute atomic E-state index is 0.106. The van der Waals surface area contributed by atoms with Crippen LogP contribution in [0.1, 0.15) is 11.3 Å². The predicted molar refractivity (Wildman–Crippen MR) is 115 cm³/mol. The lowest BCUT2D eigenvalue weighted by Crippen LogP contribution is -2.49. The van der Waals surface area contributed by atoms with Gasteiger partial charge in [0.1, 0.15) is 11.5 Å². The largest absolute Gasteiger partial charge is 0.516 e. The molecule has 0 unspecified atom stereocenters. The van der Waals surface area contributed by atoms with Crippen molar-refractivity contribution in [1.82, 2.24) is 4.98 Å². The maximum absolute atomic E-state index is 10.0. The fourth-order valence-electron chi connectivity index (χ4n) is 3.99. The molecule has 134 valence electrons. The van der Waals surface area contributed by atoms with E-state index in [2.05, 4.69) is 23.2 Å². The number of hydrogen-bond donors (Lipinski definition) is 1. The van der Waals surface area contributed by atoms with Crippen LogP contribution >= 0.6 is 0 Å². The van der Waals surface area contributed by atoms with Crippen molar-refractivity contribution in [2.45, 2.75) is 6.92 Å². The van der Waals surface area contributed by atoms with Gasteiger partial charge in [-0.3, -0.25) is 4.98 Å². The summed E-state index contributed by atoms with van der Waals surface area (Å²) in [6.45, 7) is 1.89.